The van der Waals surface area contributed by atoms with Gasteiger partial charge in [-0.2, -0.15) is 0 Å². The molecule has 0 atom stereocenters. The molecule has 2 aliphatic rings. The summed E-state index contributed by atoms with van der Waals surface area (Å²) in [5.74, 6) is 2.11. The van der Waals surface area contributed by atoms with E-state index in [1.165, 1.54) is 37.8 Å². The number of rotatable bonds is 6. The van der Waals surface area contributed by atoms with Crippen molar-refractivity contribution < 1.29 is 13.6 Å². The van der Waals surface area contributed by atoms with Crippen LogP contribution in [0.2, 0.25) is 0 Å². The Morgan fingerprint density at radius 2 is 1.82 bits per heavy atom. The zero-order valence-electron chi connectivity index (χ0n) is 16.3. The SMILES string of the molecule is O=C(CCC1CCCC1)N1CCN(Cc2ncc(-c3ccc(F)cc3)o2)CC1. The lowest BCUT2D eigenvalue weighted by molar-refractivity contribution is -0.133. The molecule has 2 fully saturated rings. The summed E-state index contributed by atoms with van der Waals surface area (Å²) in [6, 6.07) is 6.21. The highest BCUT2D eigenvalue weighted by molar-refractivity contribution is 5.76. The summed E-state index contributed by atoms with van der Waals surface area (Å²) in [4.78, 5) is 21.1. The van der Waals surface area contributed by atoms with Crippen LogP contribution < -0.4 is 0 Å². The quantitative estimate of drug-likeness (QED) is 0.751. The van der Waals surface area contributed by atoms with Gasteiger partial charge in [-0.25, -0.2) is 9.37 Å². The number of nitrogens with zero attached hydrogens (tertiary/aromatic N) is 3. The Kier molecular flexibility index (Phi) is 6.05. The van der Waals surface area contributed by atoms with Crippen molar-refractivity contribution in [1.82, 2.24) is 14.8 Å². The highest BCUT2D eigenvalue weighted by Gasteiger charge is 2.23. The summed E-state index contributed by atoms with van der Waals surface area (Å²) in [7, 11) is 0. The van der Waals surface area contributed by atoms with Gasteiger partial charge in [0, 0.05) is 38.2 Å². The number of halogens is 1. The van der Waals surface area contributed by atoms with E-state index in [-0.39, 0.29) is 5.82 Å². The van der Waals surface area contributed by atoms with Gasteiger partial charge in [0.25, 0.3) is 0 Å². The Bertz CT molecular complexity index is 775. The van der Waals surface area contributed by atoms with E-state index in [1.54, 1.807) is 18.3 Å². The van der Waals surface area contributed by atoms with Crippen molar-refractivity contribution in [3.63, 3.8) is 0 Å². The molecular weight excluding hydrogens is 357 g/mol. The lowest BCUT2D eigenvalue weighted by Crippen LogP contribution is -2.48. The molecule has 5 nitrogen and oxygen atoms in total. The predicted octanol–water partition coefficient (Wildman–Crippen LogP) is 4.10. The van der Waals surface area contributed by atoms with Crippen LogP contribution in [0.25, 0.3) is 11.3 Å². The number of hydrogen-bond acceptors (Lipinski definition) is 4. The second-order valence-corrected chi connectivity index (χ2v) is 7.97. The van der Waals surface area contributed by atoms with Gasteiger partial charge in [-0.15, -0.1) is 0 Å². The van der Waals surface area contributed by atoms with Crippen LogP contribution in [0.3, 0.4) is 0 Å². The van der Waals surface area contributed by atoms with Gasteiger partial charge in [-0.3, -0.25) is 9.69 Å². The van der Waals surface area contributed by atoms with E-state index in [2.05, 4.69) is 9.88 Å². The van der Waals surface area contributed by atoms with Gasteiger partial charge in [0.05, 0.1) is 12.7 Å². The maximum atomic E-state index is 13.1. The second-order valence-electron chi connectivity index (χ2n) is 7.97. The minimum atomic E-state index is -0.265. The van der Waals surface area contributed by atoms with E-state index in [4.69, 9.17) is 4.42 Å². The molecule has 1 aliphatic carbocycles. The smallest absolute Gasteiger partial charge is 0.222 e. The van der Waals surface area contributed by atoms with E-state index >= 15 is 0 Å². The highest BCUT2D eigenvalue weighted by Crippen LogP contribution is 2.28. The minimum Gasteiger partial charge on any atom is -0.439 e. The zero-order valence-corrected chi connectivity index (χ0v) is 16.3. The Labute approximate surface area is 165 Å². The minimum absolute atomic E-state index is 0.265. The number of piperazine rings is 1. The summed E-state index contributed by atoms with van der Waals surface area (Å²) in [6.45, 7) is 3.85. The first kappa shape index (κ1) is 19.1. The van der Waals surface area contributed by atoms with Gasteiger partial charge in [0.1, 0.15) is 5.82 Å². The zero-order chi connectivity index (χ0) is 19.3. The molecule has 28 heavy (non-hydrogen) atoms. The summed E-state index contributed by atoms with van der Waals surface area (Å²) in [6.07, 6.45) is 8.72. The van der Waals surface area contributed by atoms with Crippen LogP contribution in [-0.2, 0) is 11.3 Å². The van der Waals surface area contributed by atoms with E-state index < -0.39 is 0 Å². The summed E-state index contributed by atoms with van der Waals surface area (Å²) < 4.78 is 18.9. The predicted molar refractivity (Wildman–Crippen MR) is 105 cm³/mol. The Morgan fingerprint density at radius 3 is 2.54 bits per heavy atom. The first-order valence-corrected chi connectivity index (χ1v) is 10.4. The van der Waals surface area contributed by atoms with Gasteiger partial charge >= 0.3 is 0 Å². The molecule has 150 valence electrons. The molecule has 0 spiro atoms. The molecule has 0 N–H and O–H groups in total. The van der Waals surface area contributed by atoms with Crippen molar-refractivity contribution in [3.05, 3.63) is 42.2 Å². The fourth-order valence-corrected chi connectivity index (χ4v) is 4.26. The first-order chi connectivity index (χ1) is 13.7. The van der Waals surface area contributed by atoms with Crippen LogP contribution in [0.5, 0.6) is 0 Å². The third-order valence-electron chi connectivity index (χ3n) is 6.01. The van der Waals surface area contributed by atoms with Crippen LogP contribution >= 0.6 is 0 Å². The number of carbonyl (C=O) groups excluding carboxylic acids is 1. The van der Waals surface area contributed by atoms with Crippen LogP contribution in [0.4, 0.5) is 4.39 Å². The molecule has 0 radical (unpaired) electrons. The first-order valence-electron chi connectivity index (χ1n) is 10.4. The number of carbonyl (C=O) groups is 1. The molecule has 1 amide bonds. The molecule has 1 aromatic heterocycles. The van der Waals surface area contributed by atoms with Crippen molar-refractivity contribution in [1.29, 1.82) is 0 Å². The molecule has 6 heteroatoms. The summed E-state index contributed by atoms with van der Waals surface area (Å²) >= 11 is 0. The number of aromatic nitrogens is 1. The number of amides is 1. The third-order valence-corrected chi connectivity index (χ3v) is 6.01. The number of hydrogen-bond donors (Lipinski definition) is 0. The van der Waals surface area contributed by atoms with E-state index in [0.29, 0.717) is 30.5 Å². The van der Waals surface area contributed by atoms with E-state index in [0.717, 1.165) is 44.1 Å². The fraction of sp³-hybridized carbons (Fsp3) is 0.545. The monoisotopic (exact) mass is 385 g/mol. The van der Waals surface area contributed by atoms with Crippen LogP contribution in [0, 0.1) is 11.7 Å². The number of benzene rings is 1. The third kappa shape index (κ3) is 4.79. The van der Waals surface area contributed by atoms with E-state index in [1.807, 2.05) is 4.90 Å². The molecule has 1 saturated carbocycles. The topological polar surface area (TPSA) is 49.6 Å². The summed E-state index contributed by atoms with van der Waals surface area (Å²) in [5, 5.41) is 0. The normalized spacial score (nSPS) is 18.7. The maximum Gasteiger partial charge on any atom is 0.222 e. The molecule has 1 saturated heterocycles. The van der Waals surface area contributed by atoms with Crippen molar-refractivity contribution >= 4 is 5.91 Å². The molecule has 4 rings (SSSR count). The Balaban J connectivity index is 1.23. The van der Waals surface area contributed by atoms with Gasteiger partial charge in [-0.1, -0.05) is 25.7 Å². The lowest BCUT2D eigenvalue weighted by Gasteiger charge is -2.34. The molecule has 0 bridgehead atoms. The number of oxazole rings is 1. The Morgan fingerprint density at radius 1 is 1.11 bits per heavy atom. The molecule has 1 aliphatic heterocycles. The molecule has 2 heterocycles. The lowest BCUT2D eigenvalue weighted by atomic mass is 10.0. The van der Waals surface area contributed by atoms with Gasteiger partial charge in [0.2, 0.25) is 11.8 Å². The standard InChI is InChI=1S/C22H28FN3O2/c23-19-8-6-18(7-9-19)20-15-24-21(28-20)16-25-11-13-26(14-12-25)22(27)10-5-17-3-1-2-4-17/h6-9,15,17H,1-5,10-14,16H2. The average Bonchev–Trinajstić information content (AvgIpc) is 3.39. The Hall–Kier alpha value is -2.21. The molecule has 1 aromatic carbocycles. The average molecular weight is 385 g/mol. The maximum absolute atomic E-state index is 13.1. The van der Waals surface area contributed by atoms with Crippen LogP contribution in [0.1, 0.15) is 44.4 Å². The van der Waals surface area contributed by atoms with Crippen LogP contribution in [-0.4, -0.2) is 46.9 Å². The second kappa shape index (κ2) is 8.86. The van der Waals surface area contributed by atoms with Crippen LogP contribution in [0.15, 0.2) is 34.9 Å². The molecular formula is C22H28FN3O2. The highest BCUT2D eigenvalue weighted by atomic mass is 19.1. The van der Waals surface area contributed by atoms with Crippen molar-refractivity contribution in [2.24, 2.45) is 5.92 Å². The molecule has 0 unspecified atom stereocenters. The van der Waals surface area contributed by atoms with Crippen molar-refractivity contribution in [3.8, 4) is 11.3 Å². The largest absolute Gasteiger partial charge is 0.439 e. The molecule has 2 aromatic rings. The van der Waals surface area contributed by atoms with Gasteiger partial charge < -0.3 is 9.32 Å². The van der Waals surface area contributed by atoms with E-state index in [9.17, 15) is 9.18 Å². The van der Waals surface area contributed by atoms with Crippen molar-refractivity contribution in [2.45, 2.75) is 45.1 Å². The van der Waals surface area contributed by atoms with Gasteiger partial charge in [0.15, 0.2) is 5.76 Å². The fourth-order valence-electron chi connectivity index (χ4n) is 4.26. The van der Waals surface area contributed by atoms with Crippen molar-refractivity contribution in [2.75, 3.05) is 26.2 Å². The summed E-state index contributed by atoms with van der Waals surface area (Å²) in [5.41, 5.74) is 0.817. The van der Waals surface area contributed by atoms with Gasteiger partial charge in [-0.05, 0) is 36.6 Å².